The molecule has 0 bridgehead atoms. The van der Waals surface area contributed by atoms with Gasteiger partial charge < -0.3 is 15.0 Å². The van der Waals surface area contributed by atoms with E-state index >= 15 is 0 Å². The summed E-state index contributed by atoms with van der Waals surface area (Å²) in [5, 5.41) is 3.55. The molecule has 2 aliphatic heterocycles. The zero-order chi connectivity index (χ0) is 17.1. The fourth-order valence-corrected chi connectivity index (χ4v) is 3.28. The highest BCUT2D eigenvalue weighted by atomic mass is 16.5. The molecule has 1 fully saturated rings. The van der Waals surface area contributed by atoms with Crippen LogP contribution < -0.4 is 5.32 Å². The Kier molecular flexibility index (Phi) is 4.53. The molecule has 5 heteroatoms. The fourth-order valence-electron chi connectivity index (χ4n) is 3.28. The Morgan fingerprint density at radius 2 is 1.72 bits per heavy atom. The molecule has 2 aromatic rings. The standard InChI is InChI=1S/C20H24N4O/c1-23-11-13-24(14-12-23)20(25-16-17-7-3-2-4-8-17)21-15-18-9-5-6-10-19(18)22-20/h2-10,15,22H,11-14,16H2,1H3. The highest BCUT2D eigenvalue weighted by molar-refractivity contribution is 5.89. The minimum atomic E-state index is -0.842. The molecule has 2 heterocycles. The minimum absolute atomic E-state index is 0.514. The third kappa shape index (κ3) is 3.44. The molecule has 5 nitrogen and oxygen atoms in total. The molecule has 2 aromatic carbocycles. The van der Waals surface area contributed by atoms with Crippen LogP contribution in [0.1, 0.15) is 11.1 Å². The largest absolute Gasteiger partial charge is 0.324 e. The third-order valence-electron chi connectivity index (χ3n) is 4.85. The van der Waals surface area contributed by atoms with Gasteiger partial charge in [-0.15, -0.1) is 0 Å². The van der Waals surface area contributed by atoms with Crippen molar-refractivity contribution in [1.82, 2.24) is 9.80 Å². The maximum atomic E-state index is 6.39. The molecular formula is C20H24N4O. The summed E-state index contributed by atoms with van der Waals surface area (Å²) in [4.78, 5) is 9.44. The number of nitrogens with zero attached hydrogens (tertiary/aromatic N) is 3. The Hall–Kier alpha value is -2.21. The Labute approximate surface area is 148 Å². The topological polar surface area (TPSA) is 40.1 Å². The lowest BCUT2D eigenvalue weighted by molar-refractivity contribution is -0.149. The van der Waals surface area contributed by atoms with Gasteiger partial charge in [0.15, 0.2) is 0 Å². The maximum Gasteiger partial charge on any atom is 0.303 e. The van der Waals surface area contributed by atoms with Crippen LogP contribution in [0.5, 0.6) is 0 Å². The van der Waals surface area contributed by atoms with E-state index in [4.69, 9.17) is 9.73 Å². The van der Waals surface area contributed by atoms with Gasteiger partial charge in [0, 0.05) is 43.6 Å². The number of hydrogen-bond donors (Lipinski definition) is 1. The second-order valence-corrected chi connectivity index (χ2v) is 6.64. The van der Waals surface area contributed by atoms with Gasteiger partial charge in [0.25, 0.3) is 0 Å². The summed E-state index contributed by atoms with van der Waals surface area (Å²) in [6.45, 7) is 4.36. The van der Waals surface area contributed by atoms with Crippen LogP contribution in [-0.4, -0.2) is 55.2 Å². The number of benzene rings is 2. The van der Waals surface area contributed by atoms with Crippen LogP contribution in [0.4, 0.5) is 5.69 Å². The van der Waals surface area contributed by atoms with Gasteiger partial charge in [-0.05, 0) is 18.7 Å². The molecule has 1 saturated heterocycles. The van der Waals surface area contributed by atoms with Gasteiger partial charge in [0.2, 0.25) is 0 Å². The van der Waals surface area contributed by atoms with Crippen molar-refractivity contribution in [2.75, 3.05) is 38.5 Å². The maximum absolute atomic E-state index is 6.39. The SMILES string of the molecule is CN1CCN(C2(OCc3ccccc3)N=Cc3ccccc3N2)CC1. The van der Waals surface area contributed by atoms with Crippen LogP contribution in [0.3, 0.4) is 0 Å². The van der Waals surface area contributed by atoms with E-state index in [0.717, 1.165) is 43.0 Å². The van der Waals surface area contributed by atoms with Gasteiger partial charge in [0.1, 0.15) is 0 Å². The molecule has 0 saturated carbocycles. The van der Waals surface area contributed by atoms with Crippen LogP contribution in [0.2, 0.25) is 0 Å². The molecule has 4 rings (SSSR count). The number of piperazine rings is 1. The number of nitrogens with one attached hydrogen (secondary N) is 1. The number of para-hydroxylation sites is 1. The minimum Gasteiger partial charge on any atom is -0.324 e. The fraction of sp³-hybridized carbons (Fsp3) is 0.350. The molecule has 0 aliphatic carbocycles. The summed E-state index contributed by atoms with van der Waals surface area (Å²) in [5.41, 5.74) is 3.30. The van der Waals surface area contributed by atoms with Crippen molar-refractivity contribution < 1.29 is 4.74 Å². The number of fused-ring (bicyclic) bond motifs is 1. The first-order chi connectivity index (χ1) is 12.3. The lowest BCUT2D eigenvalue weighted by Gasteiger charge is -2.45. The van der Waals surface area contributed by atoms with Crippen molar-refractivity contribution in [3.05, 3.63) is 65.7 Å². The average molecular weight is 336 g/mol. The van der Waals surface area contributed by atoms with Crippen molar-refractivity contribution in [2.24, 2.45) is 4.99 Å². The molecule has 1 unspecified atom stereocenters. The van der Waals surface area contributed by atoms with E-state index in [0.29, 0.717) is 6.61 Å². The van der Waals surface area contributed by atoms with Crippen molar-refractivity contribution >= 4 is 11.9 Å². The lowest BCUT2D eigenvalue weighted by Crippen LogP contribution is -2.61. The first kappa shape index (κ1) is 16.3. The monoisotopic (exact) mass is 336 g/mol. The van der Waals surface area contributed by atoms with Gasteiger partial charge in [0.05, 0.1) is 6.61 Å². The Morgan fingerprint density at radius 1 is 1.00 bits per heavy atom. The zero-order valence-corrected chi connectivity index (χ0v) is 14.6. The lowest BCUT2D eigenvalue weighted by atomic mass is 10.1. The van der Waals surface area contributed by atoms with Gasteiger partial charge in [-0.2, -0.15) is 0 Å². The van der Waals surface area contributed by atoms with Crippen molar-refractivity contribution in [3.63, 3.8) is 0 Å². The average Bonchev–Trinajstić information content (AvgIpc) is 2.67. The smallest absolute Gasteiger partial charge is 0.303 e. The van der Waals surface area contributed by atoms with Crippen molar-refractivity contribution in [2.45, 2.75) is 12.6 Å². The second-order valence-electron chi connectivity index (χ2n) is 6.64. The van der Waals surface area contributed by atoms with E-state index in [2.05, 4.69) is 46.4 Å². The Morgan fingerprint density at radius 3 is 2.52 bits per heavy atom. The Balaban J connectivity index is 1.60. The normalized spacial score (nSPS) is 23.9. The van der Waals surface area contributed by atoms with E-state index < -0.39 is 5.97 Å². The summed E-state index contributed by atoms with van der Waals surface area (Å²) in [6, 6.07) is 18.5. The number of ether oxygens (including phenoxy) is 1. The van der Waals surface area contributed by atoms with Gasteiger partial charge in [-0.1, -0.05) is 48.5 Å². The molecule has 0 spiro atoms. The van der Waals surface area contributed by atoms with Crippen LogP contribution in [0.25, 0.3) is 0 Å². The zero-order valence-electron chi connectivity index (χ0n) is 14.6. The van der Waals surface area contributed by atoms with E-state index in [9.17, 15) is 0 Å². The van der Waals surface area contributed by atoms with Crippen LogP contribution in [0, 0.1) is 0 Å². The van der Waals surface area contributed by atoms with E-state index in [-0.39, 0.29) is 0 Å². The summed E-state index contributed by atoms with van der Waals surface area (Å²) < 4.78 is 6.39. The summed E-state index contributed by atoms with van der Waals surface area (Å²) >= 11 is 0. The van der Waals surface area contributed by atoms with Crippen LogP contribution in [0.15, 0.2) is 59.6 Å². The highest BCUT2D eigenvalue weighted by Gasteiger charge is 2.41. The molecule has 0 amide bonds. The number of likely N-dealkylation sites (N-methyl/N-ethyl adjacent to an activating group) is 1. The molecule has 2 aliphatic rings. The Bertz CT molecular complexity index is 740. The number of aliphatic imine (C=N–C) groups is 1. The van der Waals surface area contributed by atoms with Crippen LogP contribution >= 0.6 is 0 Å². The van der Waals surface area contributed by atoms with E-state index in [1.165, 1.54) is 0 Å². The first-order valence-electron chi connectivity index (χ1n) is 8.79. The number of anilines is 1. The molecule has 0 aromatic heterocycles. The van der Waals surface area contributed by atoms with E-state index in [1.807, 2.05) is 36.5 Å². The molecule has 130 valence electrons. The van der Waals surface area contributed by atoms with E-state index in [1.54, 1.807) is 0 Å². The second kappa shape index (κ2) is 6.96. The third-order valence-corrected chi connectivity index (χ3v) is 4.85. The summed E-state index contributed by atoms with van der Waals surface area (Å²) in [6.07, 6.45) is 1.93. The molecule has 0 radical (unpaired) electrons. The molecule has 25 heavy (non-hydrogen) atoms. The molecule has 1 N–H and O–H groups in total. The quantitative estimate of drug-likeness (QED) is 0.932. The highest BCUT2D eigenvalue weighted by Crippen LogP contribution is 2.30. The van der Waals surface area contributed by atoms with Gasteiger partial charge in [-0.25, -0.2) is 9.89 Å². The van der Waals surface area contributed by atoms with Gasteiger partial charge in [-0.3, -0.25) is 0 Å². The van der Waals surface area contributed by atoms with Crippen molar-refractivity contribution in [1.29, 1.82) is 0 Å². The molecule has 1 atom stereocenters. The predicted octanol–water partition coefficient (Wildman–Crippen LogP) is 2.61. The van der Waals surface area contributed by atoms with Crippen LogP contribution in [-0.2, 0) is 11.3 Å². The van der Waals surface area contributed by atoms with Gasteiger partial charge >= 0.3 is 5.97 Å². The number of rotatable bonds is 4. The van der Waals surface area contributed by atoms with Crippen molar-refractivity contribution in [3.8, 4) is 0 Å². The summed E-state index contributed by atoms with van der Waals surface area (Å²) in [7, 11) is 2.15. The molecular weight excluding hydrogens is 312 g/mol. The number of hydrogen-bond acceptors (Lipinski definition) is 5. The summed E-state index contributed by atoms with van der Waals surface area (Å²) in [5.74, 6) is -0.842. The predicted molar refractivity (Wildman–Crippen MR) is 101 cm³/mol. The first-order valence-corrected chi connectivity index (χ1v) is 8.79.